The van der Waals surface area contributed by atoms with Crippen molar-refractivity contribution in [1.82, 2.24) is 10.3 Å². The summed E-state index contributed by atoms with van der Waals surface area (Å²) in [7, 11) is 0. The fourth-order valence-corrected chi connectivity index (χ4v) is 2.84. The van der Waals surface area contributed by atoms with Crippen LogP contribution in [0.25, 0.3) is 0 Å². The van der Waals surface area contributed by atoms with Gasteiger partial charge in [0.15, 0.2) is 0 Å². The average Bonchev–Trinajstić information content (AvgIpc) is 2.32. The third-order valence-electron chi connectivity index (χ3n) is 3.94. The van der Waals surface area contributed by atoms with E-state index in [2.05, 4.69) is 30.2 Å². The second-order valence-corrected chi connectivity index (χ2v) is 5.57. The minimum atomic E-state index is 0.885. The summed E-state index contributed by atoms with van der Waals surface area (Å²) in [4.78, 5) is 4.18. The Morgan fingerprint density at radius 2 is 2.29 bits per heavy atom. The molecule has 0 aliphatic heterocycles. The van der Waals surface area contributed by atoms with Crippen LogP contribution >= 0.6 is 0 Å². The zero-order valence-electron chi connectivity index (χ0n) is 11.1. The van der Waals surface area contributed by atoms with Crippen molar-refractivity contribution in [2.45, 2.75) is 46.1 Å². The van der Waals surface area contributed by atoms with Crippen molar-refractivity contribution in [3.8, 4) is 0 Å². The Morgan fingerprint density at radius 3 is 3.06 bits per heavy atom. The van der Waals surface area contributed by atoms with Crippen LogP contribution in [-0.4, -0.2) is 11.5 Å². The Morgan fingerprint density at radius 1 is 1.41 bits per heavy atom. The van der Waals surface area contributed by atoms with E-state index in [-0.39, 0.29) is 0 Å². The maximum absolute atomic E-state index is 4.18. The molecule has 0 aromatic carbocycles. The number of hydrogen-bond acceptors (Lipinski definition) is 2. The van der Waals surface area contributed by atoms with E-state index in [1.807, 2.05) is 12.4 Å². The Balaban J connectivity index is 1.74. The van der Waals surface area contributed by atoms with Gasteiger partial charge in [0, 0.05) is 18.9 Å². The molecule has 2 rings (SSSR count). The van der Waals surface area contributed by atoms with Crippen LogP contribution < -0.4 is 5.32 Å². The molecule has 1 saturated carbocycles. The summed E-state index contributed by atoms with van der Waals surface area (Å²) in [5, 5.41) is 3.59. The summed E-state index contributed by atoms with van der Waals surface area (Å²) in [5.41, 5.74) is 2.67. The van der Waals surface area contributed by atoms with E-state index >= 15 is 0 Å². The van der Waals surface area contributed by atoms with Crippen molar-refractivity contribution in [2.75, 3.05) is 6.54 Å². The number of aromatic nitrogens is 1. The topological polar surface area (TPSA) is 24.9 Å². The molecule has 0 bridgehead atoms. The van der Waals surface area contributed by atoms with E-state index in [4.69, 9.17) is 0 Å². The molecule has 2 unspecified atom stereocenters. The lowest BCUT2D eigenvalue weighted by atomic mass is 9.82. The number of rotatable bonds is 4. The van der Waals surface area contributed by atoms with Gasteiger partial charge >= 0.3 is 0 Å². The first kappa shape index (κ1) is 12.6. The monoisotopic (exact) mass is 232 g/mol. The molecule has 1 N–H and O–H groups in total. The smallest absolute Gasteiger partial charge is 0.0315 e. The van der Waals surface area contributed by atoms with Crippen molar-refractivity contribution < 1.29 is 0 Å². The van der Waals surface area contributed by atoms with Gasteiger partial charge in [-0.15, -0.1) is 0 Å². The van der Waals surface area contributed by atoms with Gasteiger partial charge in [-0.1, -0.05) is 19.8 Å². The van der Waals surface area contributed by atoms with Gasteiger partial charge in [0.2, 0.25) is 0 Å². The van der Waals surface area contributed by atoms with E-state index in [1.165, 1.54) is 43.4 Å². The highest BCUT2D eigenvalue weighted by molar-refractivity contribution is 5.20. The summed E-state index contributed by atoms with van der Waals surface area (Å²) < 4.78 is 0. The van der Waals surface area contributed by atoms with Gasteiger partial charge in [0.25, 0.3) is 0 Å². The van der Waals surface area contributed by atoms with Crippen molar-refractivity contribution in [3.63, 3.8) is 0 Å². The minimum absolute atomic E-state index is 0.885. The number of pyridine rings is 1. The molecule has 1 heterocycles. The minimum Gasteiger partial charge on any atom is -0.312 e. The Labute approximate surface area is 105 Å². The summed E-state index contributed by atoms with van der Waals surface area (Å²) in [6.45, 7) is 6.67. The molecule has 2 heteroatoms. The van der Waals surface area contributed by atoms with Crippen molar-refractivity contribution in [1.29, 1.82) is 0 Å². The van der Waals surface area contributed by atoms with Crippen LogP contribution in [0.3, 0.4) is 0 Å². The molecule has 1 aromatic heterocycles. The molecule has 1 aliphatic carbocycles. The number of hydrogen-bond donors (Lipinski definition) is 1. The molecule has 1 fully saturated rings. The zero-order chi connectivity index (χ0) is 12.1. The van der Waals surface area contributed by atoms with E-state index < -0.39 is 0 Å². The Kier molecular flexibility index (Phi) is 4.55. The summed E-state index contributed by atoms with van der Waals surface area (Å²) in [6, 6.07) is 2.08. The second-order valence-electron chi connectivity index (χ2n) is 5.57. The van der Waals surface area contributed by atoms with Gasteiger partial charge in [0.1, 0.15) is 0 Å². The lowest BCUT2D eigenvalue weighted by Crippen LogP contribution is -2.26. The molecule has 0 saturated heterocycles. The van der Waals surface area contributed by atoms with Crippen molar-refractivity contribution in [3.05, 3.63) is 29.6 Å². The standard InChI is InChI=1S/C15H24N2/c1-12-4-3-5-14(8-12)9-17-11-15-10-16-7-6-13(15)2/h6-7,10,12,14,17H,3-5,8-9,11H2,1-2H3. The highest BCUT2D eigenvalue weighted by atomic mass is 14.9. The molecular formula is C15H24N2. The molecule has 0 spiro atoms. The van der Waals surface area contributed by atoms with Gasteiger partial charge < -0.3 is 5.32 Å². The largest absolute Gasteiger partial charge is 0.312 e. The lowest BCUT2D eigenvalue weighted by Gasteiger charge is -2.26. The normalized spacial score (nSPS) is 24.8. The van der Waals surface area contributed by atoms with E-state index in [9.17, 15) is 0 Å². The summed E-state index contributed by atoms with van der Waals surface area (Å²) in [5.74, 6) is 1.81. The predicted octanol–water partition coefficient (Wildman–Crippen LogP) is 3.31. The van der Waals surface area contributed by atoms with Crippen LogP contribution in [0.5, 0.6) is 0 Å². The fraction of sp³-hybridized carbons (Fsp3) is 0.667. The van der Waals surface area contributed by atoms with E-state index in [0.29, 0.717) is 0 Å². The number of nitrogens with one attached hydrogen (secondary N) is 1. The average molecular weight is 232 g/mol. The van der Waals surface area contributed by atoms with Gasteiger partial charge in [-0.2, -0.15) is 0 Å². The molecule has 0 amide bonds. The van der Waals surface area contributed by atoms with Gasteiger partial charge in [-0.05, 0) is 55.3 Å². The maximum atomic E-state index is 4.18. The zero-order valence-corrected chi connectivity index (χ0v) is 11.1. The molecule has 2 atom stereocenters. The van der Waals surface area contributed by atoms with E-state index in [1.54, 1.807) is 0 Å². The van der Waals surface area contributed by atoms with E-state index in [0.717, 1.165) is 18.4 Å². The molecule has 1 aliphatic rings. The summed E-state index contributed by atoms with van der Waals surface area (Å²) >= 11 is 0. The van der Waals surface area contributed by atoms with Crippen LogP contribution in [-0.2, 0) is 6.54 Å². The van der Waals surface area contributed by atoms with Gasteiger partial charge in [-0.3, -0.25) is 4.98 Å². The SMILES string of the molecule is Cc1ccncc1CNCC1CCCC(C)C1. The van der Waals surface area contributed by atoms with Crippen LogP contribution in [0.1, 0.15) is 43.7 Å². The second kappa shape index (κ2) is 6.15. The van der Waals surface area contributed by atoms with Crippen molar-refractivity contribution >= 4 is 0 Å². The molecule has 2 nitrogen and oxygen atoms in total. The lowest BCUT2D eigenvalue weighted by molar-refractivity contribution is 0.274. The maximum Gasteiger partial charge on any atom is 0.0315 e. The van der Waals surface area contributed by atoms with Crippen LogP contribution in [0.4, 0.5) is 0 Å². The molecule has 1 aromatic rings. The molecule has 17 heavy (non-hydrogen) atoms. The first-order chi connectivity index (χ1) is 8.25. The van der Waals surface area contributed by atoms with Crippen LogP contribution in [0.2, 0.25) is 0 Å². The Bertz CT molecular complexity index is 349. The highest BCUT2D eigenvalue weighted by Crippen LogP contribution is 2.27. The Hall–Kier alpha value is -0.890. The quantitative estimate of drug-likeness (QED) is 0.861. The first-order valence-electron chi connectivity index (χ1n) is 6.86. The van der Waals surface area contributed by atoms with Crippen molar-refractivity contribution in [2.24, 2.45) is 11.8 Å². The number of aryl methyl sites for hydroxylation is 1. The molecular weight excluding hydrogens is 208 g/mol. The van der Waals surface area contributed by atoms with Gasteiger partial charge in [0.05, 0.1) is 0 Å². The summed E-state index contributed by atoms with van der Waals surface area (Å²) in [6.07, 6.45) is 9.49. The molecule has 94 valence electrons. The highest BCUT2D eigenvalue weighted by Gasteiger charge is 2.18. The van der Waals surface area contributed by atoms with Crippen LogP contribution in [0.15, 0.2) is 18.5 Å². The predicted molar refractivity (Wildman–Crippen MR) is 71.8 cm³/mol. The first-order valence-corrected chi connectivity index (χ1v) is 6.86. The third-order valence-corrected chi connectivity index (χ3v) is 3.94. The fourth-order valence-electron chi connectivity index (χ4n) is 2.84. The molecule has 0 radical (unpaired) electrons. The van der Waals surface area contributed by atoms with Crippen LogP contribution in [0, 0.1) is 18.8 Å². The number of nitrogens with zero attached hydrogens (tertiary/aromatic N) is 1. The van der Waals surface area contributed by atoms with Gasteiger partial charge in [-0.25, -0.2) is 0 Å². The third kappa shape index (κ3) is 3.81.